The highest BCUT2D eigenvalue weighted by molar-refractivity contribution is 5.96. The van der Waals surface area contributed by atoms with Gasteiger partial charge in [-0.3, -0.25) is 9.59 Å². The van der Waals surface area contributed by atoms with Crippen LogP contribution in [0, 0.1) is 12.7 Å². The molecule has 8 nitrogen and oxygen atoms in total. The zero-order chi connectivity index (χ0) is 27.4. The Hall–Kier alpha value is -4.24. The number of amides is 1. The van der Waals surface area contributed by atoms with Crippen molar-refractivity contribution in [3.8, 4) is 16.8 Å². The average Bonchev–Trinajstić information content (AvgIpc) is 3.42. The molecule has 2 heterocycles. The van der Waals surface area contributed by atoms with Crippen LogP contribution in [0.2, 0.25) is 0 Å². The van der Waals surface area contributed by atoms with Crippen LogP contribution >= 0.6 is 0 Å². The van der Waals surface area contributed by atoms with Crippen molar-refractivity contribution in [2.45, 2.75) is 44.8 Å². The van der Waals surface area contributed by atoms with Gasteiger partial charge in [0.05, 0.1) is 23.5 Å². The fraction of sp³-hybridized carbons (Fsp3) is 0.300. The van der Waals surface area contributed by atoms with Gasteiger partial charge in [0.1, 0.15) is 5.82 Å². The normalized spacial score (nSPS) is 16.4. The second-order valence-corrected chi connectivity index (χ2v) is 9.88. The Morgan fingerprint density at radius 3 is 2.62 bits per heavy atom. The zero-order valence-electron chi connectivity index (χ0n) is 21.7. The van der Waals surface area contributed by atoms with Crippen LogP contribution in [-0.2, 0) is 9.53 Å². The van der Waals surface area contributed by atoms with Crippen LogP contribution in [0.1, 0.15) is 41.6 Å². The zero-order valence-corrected chi connectivity index (χ0v) is 21.7. The van der Waals surface area contributed by atoms with E-state index in [1.165, 1.54) is 6.07 Å². The molecule has 0 radical (unpaired) electrons. The van der Waals surface area contributed by atoms with E-state index in [2.05, 4.69) is 27.9 Å². The molecule has 6 rings (SSSR count). The molecule has 2 aliphatic rings. The molecule has 3 aromatic carbocycles. The summed E-state index contributed by atoms with van der Waals surface area (Å²) in [4.78, 5) is 20.9. The number of halogens is 1. The predicted molar refractivity (Wildman–Crippen MR) is 148 cm³/mol. The van der Waals surface area contributed by atoms with E-state index in [0.717, 1.165) is 66.7 Å². The van der Waals surface area contributed by atoms with Crippen LogP contribution in [0.4, 0.5) is 10.1 Å². The summed E-state index contributed by atoms with van der Waals surface area (Å²) < 4.78 is 22.3. The standard InChI is InChI=1S/C29H29FN4O2.CH2O2/c1-18-26(14-20(15-27(18)30)29(35)33-23-5-6-23)19-4-11-28-21(13-19)16-32-34(28)24-9-7-22(8-10-24)31-17-25-3-2-12-36-25;2-1-3/h4,7-11,13-16,23,25,31H,2-3,5-6,12,17H2,1H3,(H,33,35);1H,(H,2,3). The number of nitrogens with zero attached hydrogens (tertiary/aromatic N) is 2. The number of anilines is 1. The van der Waals surface area contributed by atoms with Crippen LogP contribution in [0.15, 0.2) is 60.8 Å². The molecule has 0 spiro atoms. The number of aromatic nitrogens is 2. The van der Waals surface area contributed by atoms with Crippen molar-refractivity contribution in [1.82, 2.24) is 15.1 Å². The van der Waals surface area contributed by atoms with Gasteiger partial charge in [-0.25, -0.2) is 9.07 Å². The van der Waals surface area contributed by atoms with E-state index in [4.69, 9.17) is 14.6 Å². The van der Waals surface area contributed by atoms with Crippen LogP contribution in [0.3, 0.4) is 0 Å². The maximum Gasteiger partial charge on any atom is 0.290 e. The molecule has 1 saturated heterocycles. The Balaban J connectivity index is 0.000000983. The van der Waals surface area contributed by atoms with Gasteiger partial charge in [-0.15, -0.1) is 0 Å². The minimum absolute atomic E-state index is 0.221. The Bertz CT molecular complexity index is 1470. The van der Waals surface area contributed by atoms with Crippen molar-refractivity contribution in [3.05, 3.63) is 77.7 Å². The number of rotatable bonds is 7. The number of hydrogen-bond acceptors (Lipinski definition) is 5. The lowest BCUT2D eigenvalue weighted by atomic mass is 9.96. The fourth-order valence-electron chi connectivity index (χ4n) is 4.77. The summed E-state index contributed by atoms with van der Waals surface area (Å²) in [6, 6.07) is 17.5. The molecular formula is C30H31FN4O4. The van der Waals surface area contributed by atoms with E-state index in [1.54, 1.807) is 13.0 Å². The van der Waals surface area contributed by atoms with E-state index in [-0.39, 0.29) is 24.2 Å². The van der Waals surface area contributed by atoms with Gasteiger partial charge in [-0.2, -0.15) is 5.10 Å². The van der Waals surface area contributed by atoms with Gasteiger partial charge in [-0.1, -0.05) is 6.07 Å². The Morgan fingerprint density at radius 1 is 1.15 bits per heavy atom. The number of carboxylic acid groups (broad SMARTS) is 1. The summed E-state index contributed by atoms with van der Waals surface area (Å²) in [5.41, 5.74) is 5.41. The number of carbonyl (C=O) groups excluding carboxylic acids is 1. The molecule has 3 N–H and O–H groups in total. The second kappa shape index (κ2) is 11.7. The first-order chi connectivity index (χ1) is 19.0. The van der Waals surface area contributed by atoms with Gasteiger partial charge in [0.15, 0.2) is 0 Å². The maximum absolute atomic E-state index is 14.7. The summed E-state index contributed by atoms with van der Waals surface area (Å²) in [5, 5.41) is 18.8. The molecule has 0 bridgehead atoms. The first-order valence-corrected chi connectivity index (χ1v) is 13.1. The third-order valence-electron chi connectivity index (χ3n) is 7.07. The van der Waals surface area contributed by atoms with Crippen LogP contribution < -0.4 is 10.6 Å². The lowest BCUT2D eigenvalue weighted by molar-refractivity contribution is -0.122. The molecule has 1 aliphatic carbocycles. The summed E-state index contributed by atoms with van der Waals surface area (Å²) in [6.45, 7) is 3.17. The molecule has 39 heavy (non-hydrogen) atoms. The largest absolute Gasteiger partial charge is 0.483 e. The minimum Gasteiger partial charge on any atom is -0.483 e. The average molecular weight is 531 g/mol. The third-order valence-corrected chi connectivity index (χ3v) is 7.07. The molecule has 202 valence electrons. The number of ether oxygens (including phenoxy) is 1. The summed E-state index contributed by atoms with van der Waals surface area (Å²) >= 11 is 0. The summed E-state index contributed by atoms with van der Waals surface area (Å²) in [5.74, 6) is -0.599. The quantitative estimate of drug-likeness (QED) is 0.279. The highest BCUT2D eigenvalue weighted by Crippen LogP contribution is 2.31. The van der Waals surface area contributed by atoms with Crippen LogP contribution in [0.25, 0.3) is 27.7 Å². The molecular weight excluding hydrogens is 499 g/mol. The Kier molecular flexibility index (Phi) is 7.88. The highest BCUT2D eigenvalue weighted by atomic mass is 19.1. The van der Waals surface area contributed by atoms with E-state index in [1.807, 2.05) is 41.2 Å². The molecule has 1 aromatic heterocycles. The molecule has 1 saturated carbocycles. The number of fused-ring (bicyclic) bond motifs is 1. The Labute approximate surface area is 225 Å². The lowest BCUT2D eigenvalue weighted by Gasteiger charge is -2.13. The molecule has 4 aromatic rings. The minimum atomic E-state index is -0.377. The maximum atomic E-state index is 14.7. The molecule has 9 heteroatoms. The predicted octanol–water partition coefficient (Wildman–Crippen LogP) is 5.32. The fourth-order valence-corrected chi connectivity index (χ4v) is 4.77. The third kappa shape index (κ3) is 6.09. The summed E-state index contributed by atoms with van der Waals surface area (Å²) in [6.07, 6.45) is 6.33. The molecule has 1 atom stereocenters. The van der Waals surface area contributed by atoms with Gasteiger partial charge in [0.25, 0.3) is 12.4 Å². The van der Waals surface area contributed by atoms with Gasteiger partial charge in [-0.05, 0) is 97.8 Å². The Morgan fingerprint density at radius 2 is 1.92 bits per heavy atom. The number of nitrogens with one attached hydrogen (secondary N) is 2. The topological polar surface area (TPSA) is 105 Å². The lowest BCUT2D eigenvalue weighted by Crippen LogP contribution is -2.25. The second-order valence-electron chi connectivity index (χ2n) is 9.88. The number of hydrogen-bond donors (Lipinski definition) is 3. The van der Waals surface area contributed by atoms with E-state index in [0.29, 0.717) is 22.8 Å². The SMILES string of the molecule is Cc1c(F)cc(C(=O)NC2CC2)cc1-c1ccc2c(cnn2-c2ccc(NCC3CCCO3)cc2)c1.O=CO. The van der Waals surface area contributed by atoms with Gasteiger partial charge < -0.3 is 20.5 Å². The van der Waals surface area contributed by atoms with E-state index >= 15 is 0 Å². The van der Waals surface area contributed by atoms with Gasteiger partial charge >= 0.3 is 0 Å². The van der Waals surface area contributed by atoms with Crippen molar-refractivity contribution in [3.63, 3.8) is 0 Å². The monoisotopic (exact) mass is 530 g/mol. The summed E-state index contributed by atoms with van der Waals surface area (Å²) in [7, 11) is 0. The molecule has 1 amide bonds. The van der Waals surface area contributed by atoms with E-state index < -0.39 is 0 Å². The van der Waals surface area contributed by atoms with Gasteiger partial charge in [0, 0.05) is 35.8 Å². The van der Waals surface area contributed by atoms with Crippen LogP contribution in [-0.4, -0.2) is 52.6 Å². The van der Waals surface area contributed by atoms with E-state index in [9.17, 15) is 9.18 Å². The first kappa shape index (κ1) is 26.4. The van der Waals surface area contributed by atoms with Crippen LogP contribution in [0.5, 0.6) is 0 Å². The molecule has 2 fully saturated rings. The molecule has 1 unspecified atom stereocenters. The number of benzene rings is 3. The van der Waals surface area contributed by atoms with Crippen molar-refractivity contribution in [1.29, 1.82) is 0 Å². The van der Waals surface area contributed by atoms with Gasteiger partial charge in [0.2, 0.25) is 0 Å². The highest BCUT2D eigenvalue weighted by Gasteiger charge is 2.24. The first-order valence-electron chi connectivity index (χ1n) is 13.1. The van der Waals surface area contributed by atoms with Crippen molar-refractivity contribution in [2.24, 2.45) is 0 Å². The smallest absolute Gasteiger partial charge is 0.290 e. The van der Waals surface area contributed by atoms with Crippen molar-refractivity contribution in [2.75, 3.05) is 18.5 Å². The van der Waals surface area contributed by atoms with Crippen molar-refractivity contribution >= 4 is 29.0 Å². The van der Waals surface area contributed by atoms with Crippen molar-refractivity contribution < 1.29 is 23.8 Å². The number of carbonyl (C=O) groups is 2. The molecule has 1 aliphatic heterocycles.